The molecule has 0 atom stereocenters. The second-order valence-electron chi connectivity index (χ2n) is 6.31. The van der Waals surface area contributed by atoms with E-state index in [-0.39, 0.29) is 11.9 Å². The molecule has 8 heteroatoms. The highest BCUT2D eigenvalue weighted by molar-refractivity contribution is 5.94. The van der Waals surface area contributed by atoms with Gasteiger partial charge in [-0.2, -0.15) is 4.80 Å². The second-order valence-corrected chi connectivity index (χ2v) is 6.31. The minimum Gasteiger partial charge on any atom is -0.379 e. The van der Waals surface area contributed by atoms with Crippen LogP contribution in [-0.4, -0.2) is 70.4 Å². The fourth-order valence-electron chi connectivity index (χ4n) is 2.58. The van der Waals surface area contributed by atoms with Crippen molar-refractivity contribution >= 4 is 5.91 Å². The van der Waals surface area contributed by atoms with Gasteiger partial charge in [-0.15, -0.1) is 10.2 Å². The van der Waals surface area contributed by atoms with Crippen molar-refractivity contribution in [2.45, 2.75) is 19.9 Å². The molecule has 2 heterocycles. The fraction of sp³-hybridized carbons (Fsp3) is 0.529. The smallest absolute Gasteiger partial charge is 0.251 e. The van der Waals surface area contributed by atoms with Crippen LogP contribution in [-0.2, 0) is 4.74 Å². The van der Waals surface area contributed by atoms with Crippen molar-refractivity contribution in [2.75, 3.05) is 39.4 Å². The number of amides is 1. The summed E-state index contributed by atoms with van der Waals surface area (Å²) in [6.07, 6.45) is 0. The monoisotopic (exact) mass is 344 g/mol. The first-order valence-electron chi connectivity index (χ1n) is 8.62. The SMILES string of the molecule is CC(C)n1nnc(-c2ccc(C(=O)NCCN3CCOCC3)cc2)n1. The van der Waals surface area contributed by atoms with Crippen molar-refractivity contribution in [1.82, 2.24) is 30.4 Å². The molecule has 1 aromatic heterocycles. The number of aromatic nitrogens is 4. The summed E-state index contributed by atoms with van der Waals surface area (Å²) < 4.78 is 5.31. The Balaban J connectivity index is 1.53. The summed E-state index contributed by atoms with van der Waals surface area (Å²) in [5.41, 5.74) is 1.47. The largest absolute Gasteiger partial charge is 0.379 e. The number of carbonyl (C=O) groups is 1. The molecule has 0 spiro atoms. The number of ether oxygens (including phenoxy) is 1. The molecule has 1 N–H and O–H groups in total. The van der Waals surface area contributed by atoms with Crippen LogP contribution in [0.25, 0.3) is 11.4 Å². The molecule has 3 rings (SSSR count). The number of morpholine rings is 1. The minimum absolute atomic E-state index is 0.0707. The van der Waals surface area contributed by atoms with Gasteiger partial charge in [0.1, 0.15) is 0 Å². The third-order valence-corrected chi connectivity index (χ3v) is 4.11. The standard InChI is InChI=1S/C17H24N6O2/c1-13(2)23-20-16(19-21-23)14-3-5-15(6-4-14)17(24)18-7-8-22-9-11-25-12-10-22/h3-6,13H,7-12H2,1-2H3,(H,18,24). The number of nitrogens with one attached hydrogen (secondary N) is 1. The molecule has 1 aromatic carbocycles. The first-order chi connectivity index (χ1) is 12.1. The van der Waals surface area contributed by atoms with E-state index in [1.807, 2.05) is 26.0 Å². The summed E-state index contributed by atoms with van der Waals surface area (Å²) >= 11 is 0. The van der Waals surface area contributed by atoms with Gasteiger partial charge in [-0.25, -0.2) is 0 Å². The topological polar surface area (TPSA) is 85.2 Å². The number of nitrogens with zero attached hydrogens (tertiary/aromatic N) is 5. The van der Waals surface area contributed by atoms with Crippen LogP contribution < -0.4 is 5.32 Å². The lowest BCUT2D eigenvalue weighted by molar-refractivity contribution is 0.0383. The Morgan fingerprint density at radius 3 is 2.60 bits per heavy atom. The number of hydrogen-bond donors (Lipinski definition) is 1. The average molecular weight is 344 g/mol. The van der Waals surface area contributed by atoms with E-state index in [4.69, 9.17) is 4.74 Å². The van der Waals surface area contributed by atoms with Gasteiger partial charge >= 0.3 is 0 Å². The highest BCUT2D eigenvalue weighted by atomic mass is 16.5. The number of benzene rings is 1. The van der Waals surface area contributed by atoms with Crippen LogP contribution >= 0.6 is 0 Å². The third-order valence-electron chi connectivity index (χ3n) is 4.11. The molecule has 0 radical (unpaired) electrons. The molecule has 0 bridgehead atoms. The van der Waals surface area contributed by atoms with Crippen molar-refractivity contribution in [3.63, 3.8) is 0 Å². The highest BCUT2D eigenvalue weighted by Crippen LogP contribution is 2.15. The van der Waals surface area contributed by atoms with E-state index in [2.05, 4.69) is 25.6 Å². The molecule has 1 aliphatic rings. The van der Waals surface area contributed by atoms with Crippen LogP contribution in [0, 0.1) is 0 Å². The quantitative estimate of drug-likeness (QED) is 0.841. The Hall–Kier alpha value is -2.32. The molecule has 2 aromatic rings. The molecular formula is C17H24N6O2. The van der Waals surface area contributed by atoms with Gasteiger partial charge in [0.25, 0.3) is 5.91 Å². The normalized spacial score (nSPS) is 15.5. The van der Waals surface area contributed by atoms with Crippen LogP contribution in [0.5, 0.6) is 0 Å². The zero-order valence-corrected chi connectivity index (χ0v) is 14.7. The summed E-state index contributed by atoms with van der Waals surface area (Å²) in [5, 5.41) is 15.4. The molecule has 1 fully saturated rings. The van der Waals surface area contributed by atoms with Crippen LogP contribution in [0.1, 0.15) is 30.2 Å². The molecule has 1 amide bonds. The number of tetrazole rings is 1. The minimum atomic E-state index is -0.0707. The molecule has 134 valence electrons. The first kappa shape index (κ1) is 17.5. The van der Waals surface area contributed by atoms with Crippen molar-refractivity contribution in [3.8, 4) is 11.4 Å². The maximum atomic E-state index is 12.2. The van der Waals surface area contributed by atoms with Crippen LogP contribution in [0.3, 0.4) is 0 Å². The maximum Gasteiger partial charge on any atom is 0.251 e. The summed E-state index contributed by atoms with van der Waals surface area (Å²) in [5.74, 6) is 0.492. The lowest BCUT2D eigenvalue weighted by atomic mass is 10.1. The van der Waals surface area contributed by atoms with E-state index in [9.17, 15) is 4.79 Å². The van der Waals surface area contributed by atoms with E-state index in [1.54, 1.807) is 16.9 Å². The zero-order valence-electron chi connectivity index (χ0n) is 14.7. The Morgan fingerprint density at radius 1 is 1.24 bits per heavy atom. The lowest BCUT2D eigenvalue weighted by Gasteiger charge is -2.26. The van der Waals surface area contributed by atoms with Crippen molar-refractivity contribution in [1.29, 1.82) is 0 Å². The molecular weight excluding hydrogens is 320 g/mol. The highest BCUT2D eigenvalue weighted by Gasteiger charge is 2.12. The molecule has 0 aliphatic carbocycles. The van der Waals surface area contributed by atoms with Crippen molar-refractivity contribution in [3.05, 3.63) is 29.8 Å². The molecule has 8 nitrogen and oxygen atoms in total. The Labute approximate surface area is 147 Å². The van der Waals surface area contributed by atoms with Gasteiger partial charge < -0.3 is 10.1 Å². The molecule has 25 heavy (non-hydrogen) atoms. The van der Waals surface area contributed by atoms with E-state index < -0.39 is 0 Å². The van der Waals surface area contributed by atoms with Gasteiger partial charge in [0, 0.05) is 37.3 Å². The predicted molar refractivity (Wildman–Crippen MR) is 93.2 cm³/mol. The maximum absolute atomic E-state index is 12.2. The Kier molecular flexibility index (Phi) is 5.72. The Morgan fingerprint density at radius 2 is 1.96 bits per heavy atom. The van der Waals surface area contributed by atoms with Crippen LogP contribution in [0.15, 0.2) is 24.3 Å². The molecule has 1 aliphatic heterocycles. The molecule has 1 saturated heterocycles. The number of hydrogen-bond acceptors (Lipinski definition) is 6. The predicted octanol–water partition coefficient (Wildman–Crippen LogP) is 0.983. The van der Waals surface area contributed by atoms with Gasteiger partial charge in [0.05, 0.1) is 19.3 Å². The lowest BCUT2D eigenvalue weighted by Crippen LogP contribution is -2.41. The van der Waals surface area contributed by atoms with Gasteiger partial charge in [0.15, 0.2) is 0 Å². The van der Waals surface area contributed by atoms with E-state index >= 15 is 0 Å². The average Bonchev–Trinajstić information content (AvgIpc) is 3.13. The summed E-state index contributed by atoms with van der Waals surface area (Å²) in [6, 6.07) is 7.43. The van der Waals surface area contributed by atoms with E-state index in [0.717, 1.165) is 38.4 Å². The zero-order chi connectivity index (χ0) is 17.6. The van der Waals surface area contributed by atoms with Crippen LogP contribution in [0.2, 0.25) is 0 Å². The van der Waals surface area contributed by atoms with Crippen molar-refractivity contribution in [2.24, 2.45) is 0 Å². The van der Waals surface area contributed by atoms with Gasteiger partial charge in [-0.1, -0.05) is 12.1 Å². The number of rotatable bonds is 6. The summed E-state index contributed by atoms with van der Waals surface area (Å²) in [6.45, 7) is 8.85. The van der Waals surface area contributed by atoms with Crippen molar-refractivity contribution < 1.29 is 9.53 Å². The summed E-state index contributed by atoms with van der Waals surface area (Å²) in [4.78, 5) is 16.1. The molecule has 0 saturated carbocycles. The summed E-state index contributed by atoms with van der Waals surface area (Å²) in [7, 11) is 0. The van der Waals surface area contributed by atoms with E-state index in [1.165, 1.54) is 0 Å². The Bertz CT molecular complexity index is 691. The van der Waals surface area contributed by atoms with Gasteiger partial charge in [0.2, 0.25) is 5.82 Å². The first-order valence-corrected chi connectivity index (χ1v) is 8.62. The molecule has 0 unspecified atom stereocenters. The number of carbonyl (C=O) groups excluding carboxylic acids is 1. The third kappa shape index (κ3) is 4.61. The fourth-order valence-corrected chi connectivity index (χ4v) is 2.58. The van der Waals surface area contributed by atoms with Gasteiger partial charge in [-0.3, -0.25) is 9.69 Å². The van der Waals surface area contributed by atoms with E-state index in [0.29, 0.717) is 17.9 Å². The second kappa shape index (κ2) is 8.17. The van der Waals surface area contributed by atoms with Gasteiger partial charge in [-0.05, 0) is 31.2 Å². The van der Waals surface area contributed by atoms with Crippen LogP contribution in [0.4, 0.5) is 0 Å².